The molecule has 20 heavy (non-hydrogen) atoms. The van der Waals surface area contributed by atoms with E-state index < -0.39 is 5.54 Å². The largest absolute Gasteiger partial charge is 0.370 e. The number of fused-ring (bicyclic) bond motifs is 1. The van der Waals surface area contributed by atoms with Crippen molar-refractivity contribution in [3.63, 3.8) is 0 Å². The van der Waals surface area contributed by atoms with Gasteiger partial charge < -0.3 is 10.3 Å². The molecule has 0 saturated heterocycles. The molecule has 0 radical (unpaired) electrons. The molecule has 1 aromatic carbocycles. The Bertz CT molecular complexity index is 662. The van der Waals surface area contributed by atoms with E-state index in [0.29, 0.717) is 10.8 Å². The number of nitrogens with two attached hydrogens (primary N) is 1. The molecule has 2 aromatic rings. The fraction of sp³-hybridized carbons (Fsp3) is 0.429. The van der Waals surface area contributed by atoms with Crippen molar-refractivity contribution in [3.05, 3.63) is 29.0 Å². The molecule has 0 bridgehead atoms. The Labute approximate surface area is 127 Å². The highest BCUT2D eigenvalue weighted by Gasteiger charge is 2.30. The van der Waals surface area contributed by atoms with Gasteiger partial charge >= 0.3 is 0 Å². The van der Waals surface area contributed by atoms with Crippen LogP contribution in [0.15, 0.2) is 18.2 Å². The van der Waals surface area contributed by atoms with E-state index in [-0.39, 0.29) is 17.7 Å². The van der Waals surface area contributed by atoms with E-state index >= 15 is 0 Å². The zero-order valence-corrected chi connectivity index (χ0v) is 13.2. The van der Waals surface area contributed by atoms with E-state index in [1.165, 1.54) is 0 Å². The van der Waals surface area contributed by atoms with E-state index in [9.17, 15) is 4.79 Å². The van der Waals surface area contributed by atoms with Crippen molar-refractivity contribution in [2.75, 3.05) is 0 Å². The van der Waals surface area contributed by atoms with Gasteiger partial charge in [-0.15, -0.1) is 11.6 Å². The van der Waals surface area contributed by atoms with Crippen LogP contribution >= 0.6 is 23.2 Å². The van der Waals surface area contributed by atoms with E-state index in [1.807, 2.05) is 37.5 Å². The van der Waals surface area contributed by atoms with Crippen molar-refractivity contribution in [1.82, 2.24) is 9.55 Å². The Kier molecular flexibility index (Phi) is 3.98. The van der Waals surface area contributed by atoms with Crippen molar-refractivity contribution in [3.8, 4) is 0 Å². The quantitative estimate of drug-likeness (QED) is 0.877. The first-order valence-electron chi connectivity index (χ1n) is 6.34. The number of alkyl halides is 1. The molecule has 1 aromatic heterocycles. The Morgan fingerprint density at radius 1 is 1.50 bits per heavy atom. The summed E-state index contributed by atoms with van der Waals surface area (Å²) in [6, 6.07) is 5.51. The summed E-state index contributed by atoms with van der Waals surface area (Å²) in [5.41, 5.74) is 6.34. The maximum Gasteiger partial charge on any atom is 0.219 e. The molecule has 1 atom stereocenters. The number of carbonyl (C=O) groups excluding carboxylic acids is 1. The number of carbonyl (C=O) groups is 1. The van der Waals surface area contributed by atoms with E-state index in [1.54, 1.807) is 6.07 Å². The second-order valence-corrected chi connectivity index (χ2v) is 6.55. The predicted molar refractivity (Wildman–Crippen MR) is 82.1 cm³/mol. The van der Waals surface area contributed by atoms with Crippen LogP contribution in [0.1, 0.15) is 38.4 Å². The molecular weight excluding hydrogens is 297 g/mol. The van der Waals surface area contributed by atoms with E-state index in [0.717, 1.165) is 11.0 Å². The SMILES string of the molecule is CC(Cl)c1nc2cccc(Cl)c2n1C(C)(C)CC(N)=O. The fourth-order valence-electron chi connectivity index (χ4n) is 2.49. The van der Waals surface area contributed by atoms with Gasteiger partial charge in [-0.1, -0.05) is 17.7 Å². The topological polar surface area (TPSA) is 60.9 Å². The summed E-state index contributed by atoms with van der Waals surface area (Å²) in [6.45, 7) is 5.68. The molecule has 6 heteroatoms. The summed E-state index contributed by atoms with van der Waals surface area (Å²) in [4.78, 5) is 15.9. The molecule has 108 valence electrons. The number of nitrogens with zero attached hydrogens (tertiary/aromatic N) is 2. The Balaban J connectivity index is 2.77. The first-order valence-corrected chi connectivity index (χ1v) is 7.15. The molecular formula is C14H17Cl2N3O. The number of hydrogen-bond donors (Lipinski definition) is 1. The third kappa shape index (κ3) is 2.63. The summed E-state index contributed by atoms with van der Waals surface area (Å²) < 4.78 is 1.92. The average molecular weight is 314 g/mol. The van der Waals surface area contributed by atoms with E-state index in [4.69, 9.17) is 28.9 Å². The van der Waals surface area contributed by atoms with E-state index in [2.05, 4.69) is 4.98 Å². The van der Waals surface area contributed by atoms with Gasteiger partial charge in [0.1, 0.15) is 5.82 Å². The standard InChI is InChI=1S/C14H17Cl2N3O/c1-8(15)13-18-10-6-4-5-9(16)12(10)19(13)14(2,3)7-11(17)20/h4-6,8H,7H2,1-3H3,(H2,17,20). The van der Waals surface area contributed by atoms with Crippen molar-refractivity contribution >= 4 is 40.1 Å². The number of aromatic nitrogens is 2. The normalized spacial score (nSPS) is 13.7. The maximum atomic E-state index is 11.3. The number of primary amides is 1. The Hall–Kier alpha value is -1.26. The van der Waals surface area contributed by atoms with Gasteiger partial charge in [0, 0.05) is 12.0 Å². The molecule has 2 rings (SSSR count). The van der Waals surface area contributed by atoms with Crippen LogP contribution in [0, 0.1) is 0 Å². The molecule has 1 amide bonds. The lowest BCUT2D eigenvalue weighted by Crippen LogP contribution is -2.33. The first kappa shape index (κ1) is 15.1. The monoisotopic (exact) mass is 313 g/mol. The minimum Gasteiger partial charge on any atom is -0.370 e. The molecule has 0 spiro atoms. The van der Waals surface area contributed by atoms with Crippen LogP contribution in [0.25, 0.3) is 11.0 Å². The van der Waals surface area contributed by atoms with Gasteiger partial charge in [-0.3, -0.25) is 4.79 Å². The minimum absolute atomic E-state index is 0.181. The zero-order chi connectivity index (χ0) is 15.1. The van der Waals surface area contributed by atoms with Crippen molar-refractivity contribution in [2.45, 2.75) is 38.1 Å². The van der Waals surface area contributed by atoms with Crippen LogP contribution in [-0.4, -0.2) is 15.5 Å². The Morgan fingerprint density at radius 3 is 2.70 bits per heavy atom. The smallest absolute Gasteiger partial charge is 0.219 e. The highest BCUT2D eigenvalue weighted by atomic mass is 35.5. The van der Waals surface area contributed by atoms with Crippen LogP contribution in [0.5, 0.6) is 0 Å². The molecule has 1 unspecified atom stereocenters. The maximum absolute atomic E-state index is 11.3. The molecule has 0 aliphatic carbocycles. The summed E-state index contributed by atoms with van der Waals surface area (Å²) in [7, 11) is 0. The lowest BCUT2D eigenvalue weighted by molar-refractivity contribution is -0.119. The Morgan fingerprint density at radius 2 is 2.15 bits per heavy atom. The third-order valence-corrected chi connectivity index (χ3v) is 3.72. The number of rotatable bonds is 4. The zero-order valence-electron chi connectivity index (χ0n) is 11.7. The van der Waals surface area contributed by atoms with Crippen LogP contribution in [-0.2, 0) is 10.3 Å². The van der Waals surface area contributed by atoms with Gasteiger partial charge in [0.25, 0.3) is 0 Å². The van der Waals surface area contributed by atoms with Gasteiger partial charge in [-0.2, -0.15) is 0 Å². The van der Waals surface area contributed by atoms with Crippen LogP contribution < -0.4 is 5.73 Å². The highest BCUT2D eigenvalue weighted by molar-refractivity contribution is 6.35. The number of hydrogen-bond acceptors (Lipinski definition) is 2. The summed E-state index contributed by atoms with van der Waals surface area (Å²) in [5.74, 6) is 0.304. The van der Waals surface area contributed by atoms with Crippen LogP contribution in [0.4, 0.5) is 0 Å². The summed E-state index contributed by atoms with van der Waals surface area (Å²) in [6.07, 6.45) is 0.181. The van der Waals surface area contributed by atoms with Crippen LogP contribution in [0.2, 0.25) is 5.02 Å². The average Bonchev–Trinajstić information content (AvgIpc) is 2.68. The lowest BCUT2D eigenvalue weighted by Gasteiger charge is -2.29. The van der Waals surface area contributed by atoms with Gasteiger partial charge in [0.05, 0.1) is 21.4 Å². The molecule has 0 aliphatic rings. The highest BCUT2D eigenvalue weighted by Crippen LogP contribution is 2.35. The number of halogens is 2. The fourth-order valence-corrected chi connectivity index (χ4v) is 2.89. The number of amides is 1. The molecule has 0 saturated carbocycles. The minimum atomic E-state index is -0.552. The van der Waals surface area contributed by atoms with Crippen LogP contribution in [0.3, 0.4) is 0 Å². The molecule has 0 fully saturated rings. The number of imidazole rings is 1. The number of benzene rings is 1. The third-order valence-electron chi connectivity index (χ3n) is 3.22. The second kappa shape index (κ2) is 5.26. The molecule has 0 aliphatic heterocycles. The van der Waals surface area contributed by atoms with Crippen molar-refractivity contribution in [1.29, 1.82) is 0 Å². The summed E-state index contributed by atoms with van der Waals surface area (Å²) in [5, 5.41) is 0.279. The van der Waals surface area contributed by atoms with Gasteiger partial charge in [0.15, 0.2) is 0 Å². The van der Waals surface area contributed by atoms with Crippen molar-refractivity contribution in [2.24, 2.45) is 5.73 Å². The molecule has 1 heterocycles. The van der Waals surface area contributed by atoms with Crippen molar-refractivity contribution < 1.29 is 4.79 Å². The summed E-state index contributed by atoms with van der Waals surface area (Å²) >= 11 is 12.5. The van der Waals surface area contributed by atoms with Gasteiger partial charge in [0.2, 0.25) is 5.91 Å². The molecule has 4 nitrogen and oxygen atoms in total. The predicted octanol–water partition coefficient (Wildman–Crippen LogP) is 3.60. The lowest BCUT2D eigenvalue weighted by atomic mass is 9.99. The first-order chi connectivity index (χ1) is 9.24. The second-order valence-electron chi connectivity index (χ2n) is 5.48. The molecule has 2 N–H and O–H groups in total. The number of para-hydroxylation sites is 1. The van der Waals surface area contributed by atoms with Gasteiger partial charge in [-0.25, -0.2) is 4.98 Å². The van der Waals surface area contributed by atoms with Gasteiger partial charge in [-0.05, 0) is 32.9 Å².